The fourth-order valence-corrected chi connectivity index (χ4v) is 3.86. The summed E-state index contributed by atoms with van der Waals surface area (Å²) in [6, 6.07) is 4.42. The maximum atomic E-state index is 6.29. The van der Waals surface area contributed by atoms with Gasteiger partial charge in [0, 0.05) is 33.0 Å². The number of hydrogen-bond donors (Lipinski definition) is 1. The zero-order valence-corrected chi connectivity index (χ0v) is 13.7. The highest BCUT2D eigenvalue weighted by Crippen LogP contribution is 2.28. The maximum Gasteiger partial charge on any atom is 0.0947 e. The molecule has 0 aromatic carbocycles. The molecule has 2 heterocycles. The molecular weight excluding hydrogens is 272 g/mol. The van der Waals surface area contributed by atoms with Gasteiger partial charge in [0.15, 0.2) is 0 Å². The summed E-state index contributed by atoms with van der Waals surface area (Å²) in [5.74, 6) is 0. The Labute approximate surface area is 123 Å². The van der Waals surface area contributed by atoms with Crippen LogP contribution in [0, 0.1) is 0 Å². The van der Waals surface area contributed by atoms with Crippen molar-refractivity contribution >= 4 is 22.7 Å². The molecule has 0 saturated carbocycles. The summed E-state index contributed by atoms with van der Waals surface area (Å²) in [4.78, 5) is 7.39. The standard InChI is InChI=1S/C15H22N2S2/c1-5-10-6-7-12(19-10)11(16)8-14-17-13(9-18-14)15(2,3)4/h6-7,9,11H,5,8,16H2,1-4H3. The van der Waals surface area contributed by atoms with E-state index in [9.17, 15) is 0 Å². The van der Waals surface area contributed by atoms with Gasteiger partial charge in [-0.15, -0.1) is 22.7 Å². The Morgan fingerprint density at radius 2 is 2.05 bits per heavy atom. The minimum atomic E-state index is 0.0734. The van der Waals surface area contributed by atoms with Crippen molar-refractivity contribution in [3.8, 4) is 0 Å². The second-order valence-electron chi connectivity index (χ2n) is 5.84. The summed E-state index contributed by atoms with van der Waals surface area (Å²) in [5.41, 5.74) is 7.58. The number of rotatable bonds is 4. The number of thiazole rings is 1. The summed E-state index contributed by atoms with van der Waals surface area (Å²) in [7, 11) is 0. The zero-order chi connectivity index (χ0) is 14.0. The monoisotopic (exact) mass is 294 g/mol. The minimum Gasteiger partial charge on any atom is -0.323 e. The first-order valence-corrected chi connectivity index (χ1v) is 8.39. The highest BCUT2D eigenvalue weighted by Gasteiger charge is 2.19. The lowest BCUT2D eigenvalue weighted by Crippen LogP contribution is -2.14. The van der Waals surface area contributed by atoms with Crippen LogP contribution < -0.4 is 5.73 Å². The van der Waals surface area contributed by atoms with Crippen LogP contribution in [-0.4, -0.2) is 4.98 Å². The Bertz CT molecular complexity index is 534. The number of aromatic nitrogens is 1. The molecule has 0 amide bonds. The number of hydrogen-bond acceptors (Lipinski definition) is 4. The van der Waals surface area contributed by atoms with E-state index in [-0.39, 0.29) is 11.5 Å². The molecule has 4 heteroatoms. The summed E-state index contributed by atoms with van der Waals surface area (Å²) >= 11 is 3.55. The Hall–Kier alpha value is -0.710. The van der Waals surface area contributed by atoms with Crippen LogP contribution in [0.2, 0.25) is 0 Å². The third-order valence-electron chi connectivity index (χ3n) is 3.11. The summed E-state index contributed by atoms with van der Waals surface area (Å²) in [6.07, 6.45) is 1.92. The van der Waals surface area contributed by atoms with E-state index in [2.05, 4.69) is 45.2 Å². The normalized spacial score (nSPS) is 13.7. The van der Waals surface area contributed by atoms with Gasteiger partial charge < -0.3 is 5.73 Å². The van der Waals surface area contributed by atoms with Crippen LogP contribution in [0.3, 0.4) is 0 Å². The van der Waals surface area contributed by atoms with Gasteiger partial charge in [-0.1, -0.05) is 27.7 Å². The maximum absolute atomic E-state index is 6.29. The molecule has 0 fully saturated rings. The summed E-state index contributed by atoms with van der Waals surface area (Å²) in [6.45, 7) is 8.76. The van der Waals surface area contributed by atoms with Crippen LogP contribution in [-0.2, 0) is 18.3 Å². The van der Waals surface area contributed by atoms with Gasteiger partial charge in [0.05, 0.1) is 10.7 Å². The third kappa shape index (κ3) is 3.65. The lowest BCUT2D eigenvalue weighted by Gasteiger charge is -2.14. The van der Waals surface area contributed by atoms with Crippen LogP contribution in [0.5, 0.6) is 0 Å². The van der Waals surface area contributed by atoms with Crippen LogP contribution in [0.15, 0.2) is 17.5 Å². The minimum absolute atomic E-state index is 0.0734. The summed E-state index contributed by atoms with van der Waals surface area (Å²) < 4.78 is 0. The van der Waals surface area contributed by atoms with Gasteiger partial charge in [-0.2, -0.15) is 0 Å². The third-order valence-corrected chi connectivity index (χ3v) is 5.34. The molecule has 2 aromatic heterocycles. The first-order chi connectivity index (χ1) is 8.90. The van der Waals surface area contributed by atoms with Gasteiger partial charge in [0.1, 0.15) is 0 Å². The van der Waals surface area contributed by atoms with E-state index in [1.807, 2.05) is 11.3 Å². The molecule has 0 saturated heterocycles. The van der Waals surface area contributed by atoms with Crippen molar-refractivity contribution in [2.24, 2.45) is 5.73 Å². The molecule has 0 bridgehead atoms. The Morgan fingerprint density at radius 3 is 2.58 bits per heavy atom. The van der Waals surface area contributed by atoms with Crippen LogP contribution >= 0.6 is 22.7 Å². The van der Waals surface area contributed by atoms with E-state index < -0.39 is 0 Å². The van der Waals surface area contributed by atoms with E-state index >= 15 is 0 Å². The van der Waals surface area contributed by atoms with Crippen molar-refractivity contribution in [3.63, 3.8) is 0 Å². The Balaban J connectivity index is 2.06. The molecule has 0 aliphatic heterocycles. The van der Waals surface area contributed by atoms with Gasteiger partial charge in [-0.05, 0) is 18.6 Å². The molecule has 2 rings (SSSR count). The fourth-order valence-electron chi connectivity index (χ4n) is 1.82. The topological polar surface area (TPSA) is 38.9 Å². The van der Waals surface area contributed by atoms with Crippen LogP contribution in [0.4, 0.5) is 0 Å². The number of nitrogens with two attached hydrogens (primary N) is 1. The van der Waals surface area contributed by atoms with Gasteiger partial charge in [-0.25, -0.2) is 4.98 Å². The molecule has 1 unspecified atom stereocenters. The highest BCUT2D eigenvalue weighted by molar-refractivity contribution is 7.12. The molecule has 2 aromatic rings. The van der Waals surface area contributed by atoms with Crippen LogP contribution in [0.25, 0.3) is 0 Å². The SMILES string of the molecule is CCc1ccc(C(N)Cc2nc(C(C)(C)C)cs2)s1. The van der Waals surface area contributed by atoms with Crippen molar-refractivity contribution in [1.29, 1.82) is 0 Å². The number of aryl methyl sites for hydroxylation is 1. The fraction of sp³-hybridized carbons (Fsp3) is 0.533. The molecule has 0 aliphatic rings. The van der Waals surface area contributed by atoms with Crippen molar-refractivity contribution in [2.45, 2.75) is 52.0 Å². The second-order valence-corrected chi connectivity index (χ2v) is 7.99. The van der Waals surface area contributed by atoms with Gasteiger partial charge >= 0.3 is 0 Å². The number of nitrogens with zero attached hydrogens (tertiary/aromatic N) is 1. The van der Waals surface area contributed by atoms with Gasteiger partial charge in [-0.3, -0.25) is 0 Å². The van der Waals surface area contributed by atoms with Crippen molar-refractivity contribution in [3.05, 3.63) is 38.0 Å². The van der Waals surface area contributed by atoms with E-state index in [4.69, 9.17) is 10.7 Å². The smallest absolute Gasteiger partial charge is 0.0947 e. The predicted molar refractivity (Wildman–Crippen MR) is 85.1 cm³/mol. The Morgan fingerprint density at radius 1 is 1.32 bits per heavy atom. The lowest BCUT2D eigenvalue weighted by molar-refractivity contribution is 0.569. The lowest BCUT2D eigenvalue weighted by atomic mass is 9.93. The summed E-state index contributed by atoms with van der Waals surface area (Å²) in [5, 5.41) is 3.30. The Kier molecular flexibility index (Phi) is 4.43. The van der Waals surface area contributed by atoms with E-state index in [0.717, 1.165) is 17.8 Å². The molecule has 0 aliphatic carbocycles. The van der Waals surface area contributed by atoms with Crippen LogP contribution in [0.1, 0.15) is 54.2 Å². The average molecular weight is 294 g/mol. The van der Waals surface area contributed by atoms with Crippen molar-refractivity contribution < 1.29 is 0 Å². The largest absolute Gasteiger partial charge is 0.323 e. The molecule has 0 radical (unpaired) electrons. The van der Waals surface area contributed by atoms with Crippen molar-refractivity contribution in [2.75, 3.05) is 0 Å². The molecule has 2 nitrogen and oxygen atoms in total. The first kappa shape index (κ1) is 14.7. The molecule has 1 atom stereocenters. The molecule has 0 spiro atoms. The van der Waals surface area contributed by atoms with E-state index in [0.29, 0.717) is 0 Å². The molecule has 2 N–H and O–H groups in total. The van der Waals surface area contributed by atoms with E-state index in [1.54, 1.807) is 11.3 Å². The van der Waals surface area contributed by atoms with Gasteiger partial charge in [0.25, 0.3) is 0 Å². The second kappa shape index (κ2) is 5.73. The first-order valence-electron chi connectivity index (χ1n) is 6.69. The number of thiophene rings is 1. The van der Waals surface area contributed by atoms with Gasteiger partial charge in [0.2, 0.25) is 0 Å². The highest BCUT2D eigenvalue weighted by atomic mass is 32.1. The predicted octanol–water partition coefficient (Wildman–Crippen LogP) is 4.31. The molecular formula is C15H22N2S2. The quantitative estimate of drug-likeness (QED) is 0.912. The van der Waals surface area contributed by atoms with E-state index in [1.165, 1.54) is 15.4 Å². The molecule has 104 valence electrons. The zero-order valence-electron chi connectivity index (χ0n) is 12.1. The van der Waals surface area contributed by atoms with Crippen molar-refractivity contribution in [1.82, 2.24) is 4.98 Å². The molecule has 19 heavy (non-hydrogen) atoms. The average Bonchev–Trinajstić information content (AvgIpc) is 2.95.